The topological polar surface area (TPSA) is 15.3 Å². The Hall–Kier alpha value is -1.09. The number of rotatable bonds is 3. The molecular weight excluding hydrogens is 227 g/mol. The van der Waals surface area contributed by atoms with Crippen LogP contribution in [0.4, 0.5) is 10.1 Å². The van der Waals surface area contributed by atoms with Gasteiger partial charge in [0.05, 0.1) is 0 Å². The summed E-state index contributed by atoms with van der Waals surface area (Å²) in [6.07, 6.45) is 1.13. The monoisotopic (exact) mass is 250 g/mol. The Balaban J connectivity index is 2.10. The molecule has 2 rings (SSSR count). The number of halogens is 1. The molecule has 3 heteroatoms. The van der Waals surface area contributed by atoms with Crippen molar-refractivity contribution in [2.75, 3.05) is 24.5 Å². The molecule has 0 saturated carbocycles. The molecule has 2 unspecified atom stereocenters. The van der Waals surface area contributed by atoms with E-state index in [1.54, 1.807) is 6.07 Å². The van der Waals surface area contributed by atoms with Crippen molar-refractivity contribution in [2.45, 2.75) is 33.2 Å². The van der Waals surface area contributed by atoms with Gasteiger partial charge in [-0.05, 0) is 37.9 Å². The van der Waals surface area contributed by atoms with E-state index in [0.717, 1.165) is 37.3 Å². The van der Waals surface area contributed by atoms with Crippen molar-refractivity contribution in [1.82, 2.24) is 5.32 Å². The average Bonchev–Trinajstić information content (AvgIpc) is 2.35. The molecule has 1 aromatic carbocycles. The lowest BCUT2D eigenvalue weighted by Crippen LogP contribution is -2.48. The highest BCUT2D eigenvalue weighted by Crippen LogP contribution is 2.27. The first kappa shape index (κ1) is 13.3. The van der Waals surface area contributed by atoms with Crippen molar-refractivity contribution in [2.24, 2.45) is 5.92 Å². The molecule has 18 heavy (non-hydrogen) atoms. The molecule has 1 aliphatic heterocycles. The minimum absolute atomic E-state index is 0.103. The summed E-state index contributed by atoms with van der Waals surface area (Å²) in [5.74, 6) is 0.496. The van der Waals surface area contributed by atoms with E-state index in [1.165, 1.54) is 6.07 Å². The second-order valence-corrected chi connectivity index (χ2v) is 5.26. The van der Waals surface area contributed by atoms with E-state index in [9.17, 15) is 4.39 Å². The van der Waals surface area contributed by atoms with Crippen LogP contribution in [0.1, 0.15) is 25.8 Å². The summed E-state index contributed by atoms with van der Waals surface area (Å²) in [6.45, 7) is 9.32. The fourth-order valence-corrected chi connectivity index (χ4v) is 2.87. The van der Waals surface area contributed by atoms with E-state index in [2.05, 4.69) is 24.1 Å². The number of benzene rings is 1. The van der Waals surface area contributed by atoms with Crippen LogP contribution in [0.25, 0.3) is 0 Å². The molecule has 0 aromatic heterocycles. The zero-order valence-corrected chi connectivity index (χ0v) is 11.5. The Kier molecular flexibility index (Phi) is 4.23. The Labute approximate surface area is 109 Å². The lowest BCUT2D eigenvalue weighted by molar-refractivity contribution is 0.326. The van der Waals surface area contributed by atoms with Gasteiger partial charge in [-0.25, -0.2) is 4.39 Å². The van der Waals surface area contributed by atoms with Gasteiger partial charge in [0.15, 0.2) is 0 Å². The van der Waals surface area contributed by atoms with E-state index in [1.807, 2.05) is 13.0 Å². The van der Waals surface area contributed by atoms with E-state index < -0.39 is 0 Å². The van der Waals surface area contributed by atoms with Crippen molar-refractivity contribution in [3.05, 3.63) is 29.6 Å². The molecule has 1 aromatic rings. The summed E-state index contributed by atoms with van der Waals surface area (Å²) in [4.78, 5) is 2.32. The SMILES string of the molecule is CCNC1CCN(c2cccc(F)c2C)CC1C. The van der Waals surface area contributed by atoms with Gasteiger partial charge in [-0.1, -0.05) is 19.9 Å². The maximum Gasteiger partial charge on any atom is 0.128 e. The van der Waals surface area contributed by atoms with E-state index in [0.29, 0.717) is 12.0 Å². The van der Waals surface area contributed by atoms with Gasteiger partial charge < -0.3 is 10.2 Å². The molecule has 0 bridgehead atoms. The van der Waals surface area contributed by atoms with Crippen LogP contribution in [-0.2, 0) is 0 Å². The zero-order valence-electron chi connectivity index (χ0n) is 11.5. The van der Waals surface area contributed by atoms with Gasteiger partial charge in [0, 0.05) is 30.4 Å². The van der Waals surface area contributed by atoms with Crippen molar-refractivity contribution in [3.63, 3.8) is 0 Å². The van der Waals surface area contributed by atoms with Gasteiger partial charge in [-0.2, -0.15) is 0 Å². The summed E-state index contributed by atoms with van der Waals surface area (Å²) < 4.78 is 13.6. The van der Waals surface area contributed by atoms with Crippen molar-refractivity contribution >= 4 is 5.69 Å². The van der Waals surface area contributed by atoms with Crippen molar-refractivity contribution < 1.29 is 4.39 Å². The molecule has 0 aliphatic carbocycles. The lowest BCUT2D eigenvalue weighted by atomic mass is 9.93. The molecule has 0 spiro atoms. The number of piperidine rings is 1. The summed E-state index contributed by atoms with van der Waals surface area (Å²) in [6, 6.07) is 5.96. The van der Waals surface area contributed by atoms with Crippen LogP contribution in [0, 0.1) is 18.7 Å². The maximum atomic E-state index is 13.6. The summed E-state index contributed by atoms with van der Waals surface area (Å²) in [5, 5.41) is 3.53. The Morgan fingerprint density at radius 2 is 2.22 bits per heavy atom. The largest absolute Gasteiger partial charge is 0.371 e. The fraction of sp³-hybridized carbons (Fsp3) is 0.600. The first-order valence-corrected chi connectivity index (χ1v) is 6.87. The standard InChI is InChI=1S/C15H23FN2/c1-4-17-14-8-9-18(10-11(14)2)15-7-5-6-13(16)12(15)3/h5-7,11,14,17H,4,8-10H2,1-3H3. The molecule has 1 saturated heterocycles. The molecular formula is C15H23FN2. The number of nitrogens with one attached hydrogen (secondary N) is 1. The third-order valence-electron chi connectivity index (χ3n) is 3.95. The Bertz CT molecular complexity index is 405. The number of hydrogen-bond donors (Lipinski definition) is 1. The van der Waals surface area contributed by atoms with Crippen molar-refractivity contribution in [3.8, 4) is 0 Å². The molecule has 2 atom stereocenters. The van der Waals surface area contributed by atoms with Crippen LogP contribution in [0.15, 0.2) is 18.2 Å². The molecule has 1 heterocycles. The molecule has 1 fully saturated rings. The van der Waals surface area contributed by atoms with Crippen LogP contribution in [-0.4, -0.2) is 25.7 Å². The smallest absolute Gasteiger partial charge is 0.128 e. The highest BCUT2D eigenvalue weighted by atomic mass is 19.1. The molecule has 1 N–H and O–H groups in total. The van der Waals surface area contributed by atoms with E-state index >= 15 is 0 Å². The Morgan fingerprint density at radius 1 is 1.44 bits per heavy atom. The Morgan fingerprint density at radius 3 is 2.89 bits per heavy atom. The summed E-state index contributed by atoms with van der Waals surface area (Å²) in [5.41, 5.74) is 1.82. The first-order chi connectivity index (χ1) is 8.63. The van der Waals surface area contributed by atoms with Crippen molar-refractivity contribution in [1.29, 1.82) is 0 Å². The lowest BCUT2D eigenvalue weighted by Gasteiger charge is -2.39. The predicted octanol–water partition coefficient (Wildman–Crippen LogP) is 2.96. The fourth-order valence-electron chi connectivity index (χ4n) is 2.87. The van der Waals surface area contributed by atoms with Crippen LogP contribution < -0.4 is 10.2 Å². The summed E-state index contributed by atoms with van der Waals surface area (Å²) in [7, 11) is 0. The van der Waals surface area contributed by atoms with Gasteiger partial charge in [-0.3, -0.25) is 0 Å². The van der Waals surface area contributed by atoms with Gasteiger partial charge in [-0.15, -0.1) is 0 Å². The van der Waals surface area contributed by atoms with Gasteiger partial charge in [0.2, 0.25) is 0 Å². The molecule has 0 amide bonds. The second-order valence-electron chi connectivity index (χ2n) is 5.26. The number of hydrogen-bond acceptors (Lipinski definition) is 2. The highest BCUT2D eigenvalue weighted by molar-refractivity contribution is 5.54. The minimum atomic E-state index is -0.103. The third-order valence-corrected chi connectivity index (χ3v) is 3.95. The number of nitrogens with zero attached hydrogens (tertiary/aromatic N) is 1. The van der Waals surface area contributed by atoms with Crippen LogP contribution in [0.3, 0.4) is 0 Å². The molecule has 2 nitrogen and oxygen atoms in total. The molecule has 0 radical (unpaired) electrons. The van der Waals surface area contributed by atoms with Crippen LogP contribution in [0.2, 0.25) is 0 Å². The predicted molar refractivity (Wildman–Crippen MR) is 74.6 cm³/mol. The average molecular weight is 250 g/mol. The maximum absolute atomic E-state index is 13.6. The second kappa shape index (κ2) is 5.70. The normalized spacial score (nSPS) is 24.3. The van der Waals surface area contributed by atoms with E-state index in [4.69, 9.17) is 0 Å². The zero-order chi connectivity index (χ0) is 13.1. The molecule has 100 valence electrons. The van der Waals surface area contributed by atoms with E-state index in [-0.39, 0.29) is 5.82 Å². The van der Waals surface area contributed by atoms with Crippen LogP contribution in [0.5, 0.6) is 0 Å². The number of anilines is 1. The molecule has 1 aliphatic rings. The first-order valence-electron chi connectivity index (χ1n) is 6.87. The minimum Gasteiger partial charge on any atom is -0.371 e. The van der Waals surface area contributed by atoms with Gasteiger partial charge in [0.25, 0.3) is 0 Å². The highest BCUT2D eigenvalue weighted by Gasteiger charge is 2.26. The van der Waals surface area contributed by atoms with Gasteiger partial charge in [0.1, 0.15) is 5.82 Å². The summed E-state index contributed by atoms with van der Waals surface area (Å²) >= 11 is 0. The quantitative estimate of drug-likeness (QED) is 0.887. The van der Waals surface area contributed by atoms with Crippen LogP contribution >= 0.6 is 0 Å². The van der Waals surface area contributed by atoms with Gasteiger partial charge >= 0.3 is 0 Å². The third kappa shape index (κ3) is 2.66.